The Morgan fingerprint density at radius 1 is 1.17 bits per heavy atom. The monoisotopic (exact) mass is 485 g/mol. The Balaban J connectivity index is 1.39. The van der Waals surface area contributed by atoms with E-state index in [0.29, 0.717) is 53.5 Å². The number of hydrogen-bond donors (Lipinski definition) is 1. The third kappa shape index (κ3) is 4.98. The van der Waals surface area contributed by atoms with Crippen LogP contribution in [-0.2, 0) is 4.79 Å². The molecule has 0 radical (unpaired) electrons. The quantitative estimate of drug-likeness (QED) is 0.387. The summed E-state index contributed by atoms with van der Waals surface area (Å²) in [5.74, 6) is 0.919. The number of benzene rings is 1. The van der Waals surface area contributed by atoms with Gasteiger partial charge in [-0.05, 0) is 50.8 Å². The van der Waals surface area contributed by atoms with Crippen LogP contribution in [0.15, 0.2) is 73.0 Å². The standard InChI is InChI=1S/C26H24FN7O2/c1-33(2)10-7-17-8-11-34(26(17)35)24-13-20-22(15-29-24)30-16-31-25(20)32-18-5-6-23(21(27)12-18)36-19-4-3-9-28-14-19/h3-7,9,12-16H,8,10-11H2,1-2H3,(H,30,31,32)/b17-7+. The Labute approximate surface area is 207 Å². The van der Waals surface area contributed by atoms with Crippen LogP contribution in [0.3, 0.4) is 0 Å². The number of hydrogen-bond acceptors (Lipinski definition) is 8. The molecule has 0 atom stereocenters. The first kappa shape index (κ1) is 23.3. The minimum Gasteiger partial charge on any atom is -0.453 e. The van der Waals surface area contributed by atoms with Gasteiger partial charge in [-0.2, -0.15) is 0 Å². The number of anilines is 3. The average Bonchev–Trinajstić information content (AvgIpc) is 3.25. The molecule has 1 saturated heterocycles. The normalized spacial score (nSPS) is 14.7. The number of nitrogens with one attached hydrogen (secondary N) is 1. The van der Waals surface area contributed by atoms with Crippen LogP contribution in [0.25, 0.3) is 10.9 Å². The van der Waals surface area contributed by atoms with Gasteiger partial charge in [-0.25, -0.2) is 19.3 Å². The predicted molar refractivity (Wildman–Crippen MR) is 135 cm³/mol. The summed E-state index contributed by atoms with van der Waals surface area (Å²) >= 11 is 0. The van der Waals surface area contributed by atoms with E-state index >= 15 is 0 Å². The molecule has 0 aliphatic carbocycles. The third-order valence-corrected chi connectivity index (χ3v) is 5.67. The van der Waals surface area contributed by atoms with Crippen molar-refractivity contribution in [1.29, 1.82) is 0 Å². The molecule has 4 heterocycles. The zero-order valence-corrected chi connectivity index (χ0v) is 19.8. The zero-order chi connectivity index (χ0) is 25.1. The number of pyridine rings is 2. The lowest BCUT2D eigenvalue weighted by Crippen LogP contribution is -2.25. The number of aromatic nitrogens is 4. The number of rotatable bonds is 7. The molecule has 0 spiro atoms. The van der Waals surface area contributed by atoms with Crippen molar-refractivity contribution in [1.82, 2.24) is 24.8 Å². The van der Waals surface area contributed by atoms with E-state index in [1.165, 1.54) is 24.7 Å². The largest absolute Gasteiger partial charge is 0.453 e. The van der Waals surface area contributed by atoms with Gasteiger partial charge in [0, 0.05) is 42.0 Å². The number of fused-ring (bicyclic) bond motifs is 1. The Kier molecular flexibility index (Phi) is 6.50. The molecule has 1 aliphatic heterocycles. The summed E-state index contributed by atoms with van der Waals surface area (Å²) < 4.78 is 20.3. The van der Waals surface area contributed by atoms with E-state index in [9.17, 15) is 9.18 Å². The number of ether oxygens (including phenoxy) is 1. The first-order chi connectivity index (χ1) is 17.5. The van der Waals surface area contributed by atoms with Gasteiger partial charge in [-0.3, -0.25) is 14.7 Å². The van der Waals surface area contributed by atoms with Crippen LogP contribution in [0.5, 0.6) is 11.5 Å². The first-order valence-electron chi connectivity index (χ1n) is 11.4. The van der Waals surface area contributed by atoms with Crippen molar-refractivity contribution in [2.24, 2.45) is 0 Å². The summed E-state index contributed by atoms with van der Waals surface area (Å²) in [4.78, 5) is 33.6. The van der Waals surface area contributed by atoms with E-state index in [4.69, 9.17) is 4.74 Å². The molecule has 5 rings (SSSR count). The second-order valence-corrected chi connectivity index (χ2v) is 8.54. The highest BCUT2D eigenvalue weighted by atomic mass is 19.1. The smallest absolute Gasteiger partial charge is 0.255 e. The van der Waals surface area contributed by atoms with Crippen LogP contribution in [0, 0.1) is 5.82 Å². The van der Waals surface area contributed by atoms with Gasteiger partial charge in [0.2, 0.25) is 0 Å². The maximum absolute atomic E-state index is 14.7. The highest BCUT2D eigenvalue weighted by Crippen LogP contribution is 2.31. The fraction of sp³-hybridized carbons (Fsp3) is 0.192. The van der Waals surface area contributed by atoms with E-state index < -0.39 is 5.82 Å². The maximum atomic E-state index is 14.7. The van der Waals surface area contributed by atoms with Gasteiger partial charge < -0.3 is 15.0 Å². The molecular weight excluding hydrogens is 461 g/mol. The number of carbonyl (C=O) groups excluding carboxylic acids is 1. The van der Waals surface area contributed by atoms with Gasteiger partial charge in [0.25, 0.3) is 5.91 Å². The molecule has 182 valence electrons. The molecule has 4 aromatic rings. The molecule has 1 aliphatic rings. The zero-order valence-electron chi connectivity index (χ0n) is 19.8. The van der Waals surface area contributed by atoms with Gasteiger partial charge in [0.15, 0.2) is 11.6 Å². The van der Waals surface area contributed by atoms with E-state index in [2.05, 4.69) is 25.3 Å². The molecular formula is C26H24FN7O2. The fourth-order valence-electron chi connectivity index (χ4n) is 3.84. The molecule has 9 nitrogen and oxygen atoms in total. The Morgan fingerprint density at radius 3 is 2.83 bits per heavy atom. The number of carbonyl (C=O) groups is 1. The number of halogens is 1. The number of likely N-dealkylation sites (N-methyl/N-ethyl adjacent to an activating group) is 1. The highest BCUT2D eigenvalue weighted by molar-refractivity contribution is 6.08. The maximum Gasteiger partial charge on any atom is 0.255 e. The second-order valence-electron chi connectivity index (χ2n) is 8.54. The summed E-state index contributed by atoms with van der Waals surface area (Å²) in [7, 11) is 3.92. The van der Waals surface area contributed by atoms with Crippen LogP contribution in [0.1, 0.15) is 6.42 Å². The summed E-state index contributed by atoms with van der Waals surface area (Å²) in [5, 5.41) is 3.81. The van der Waals surface area contributed by atoms with Crippen LogP contribution < -0.4 is 15.0 Å². The van der Waals surface area contributed by atoms with E-state index in [1.54, 1.807) is 41.6 Å². The molecule has 0 bridgehead atoms. The molecule has 3 aromatic heterocycles. The molecule has 1 fully saturated rings. The first-order valence-corrected chi connectivity index (χ1v) is 11.4. The van der Waals surface area contributed by atoms with Crippen molar-refractivity contribution >= 4 is 34.1 Å². The van der Waals surface area contributed by atoms with Gasteiger partial charge >= 0.3 is 0 Å². The Hall–Kier alpha value is -4.44. The molecule has 1 aromatic carbocycles. The third-order valence-electron chi connectivity index (χ3n) is 5.67. The van der Waals surface area contributed by atoms with Gasteiger partial charge in [0.05, 0.1) is 17.9 Å². The average molecular weight is 486 g/mol. The summed E-state index contributed by atoms with van der Waals surface area (Å²) in [6, 6.07) is 9.74. The van der Waals surface area contributed by atoms with Gasteiger partial charge in [-0.15, -0.1) is 0 Å². The van der Waals surface area contributed by atoms with E-state index in [1.807, 2.05) is 25.1 Å². The van der Waals surface area contributed by atoms with Crippen molar-refractivity contribution in [2.75, 3.05) is 37.4 Å². The lowest BCUT2D eigenvalue weighted by molar-refractivity contribution is -0.114. The lowest BCUT2D eigenvalue weighted by atomic mass is 10.2. The SMILES string of the molecule is CN(C)C/C=C1\CCN(c2cc3c(Nc4ccc(Oc5cccnc5)c(F)c4)ncnc3cn2)C1=O. The van der Waals surface area contributed by atoms with Crippen LogP contribution in [-0.4, -0.2) is 57.9 Å². The van der Waals surface area contributed by atoms with E-state index in [0.717, 1.165) is 5.57 Å². The van der Waals surface area contributed by atoms with Crippen LogP contribution in [0.4, 0.5) is 21.7 Å². The molecule has 1 amide bonds. The van der Waals surface area contributed by atoms with Crippen molar-refractivity contribution in [3.05, 3.63) is 78.8 Å². The van der Waals surface area contributed by atoms with Crippen molar-refractivity contribution in [3.8, 4) is 11.5 Å². The number of nitrogens with zero attached hydrogens (tertiary/aromatic N) is 6. The molecule has 10 heteroatoms. The fourth-order valence-corrected chi connectivity index (χ4v) is 3.84. The van der Waals surface area contributed by atoms with Crippen LogP contribution >= 0.6 is 0 Å². The predicted octanol–water partition coefficient (Wildman–Crippen LogP) is 4.32. The van der Waals surface area contributed by atoms with Crippen molar-refractivity contribution in [3.63, 3.8) is 0 Å². The highest BCUT2D eigenvalue weighted by Gasteiger charge is 2.28. The molecule has 1 N–H and O–H groups in total. The minimum absolute atomic E-state index is 0.0543. The summed E-state index contributed by atoms with van der Waals surface area (Å²) in [6.45, 7) is 1.25. The van der Waals surface area contributed by atoms with Crippen molar-refractivity contribution in [2.45, 2.75) is 6.42 Å². The summed E-state index contributed by atoms with van der Waals surface area (Å²) in [6.07, 6.45) is 8.76. The van der Waals surface area contributed by atoms with Gasteiger partial charge in [-0.1, -0.05) is 6.08 Å². The molecule has 0 saturated carbocycles. The minimum atomic E-state index is -0.538. The second kappa shape index (κ2) is 10.0. The van der Waals surface area contributed by atoms with Crippen LogP contribution in [0.2, 0.25) is 0 Å². The Bertz CT molecular complexity index is 1440. The molecule has 36 heavy (non-hydrogen) atoms. The van der Waals surface area contributed by atoms with Crippen molar-refractivity contribution < 1.29 is 13.9 Å². The topological polar surface area (TPSA) is 96.4 Å². The molecule has 0 unspecified atom stereocenters. The van der Waals surface area contributed by atoms with Gasteiger partial charge in [0.1, 0.15) is 23.7 Å². The number of amides is 1. The van der Waals surface area contributed by atoms with E-state index in [-0.39, 0.29) is 11.7 Å². The Morgan fingerprint density at radius 2 is 2.06 bits per heavy atom. The summed E-state index contributed by atoms with van der Waals surface area (Å²) in [5.41, 5.74) is 1.86. The lowest BCUT2D eigenvalue weighted by Gasteiger charge is -2.16.